The van der Waals surface area contributed by atoms with Crippen LogP contribution in [0.2, 0.25) is 0 Å². The topological polar surface area (TPSA) is 55.8 Å². The number of hydrogen-bond donors (Lipinski definition) is 0. The van der Waals surface area contributed by atoms with Gasteiger partial charge in [0, 0.05) is 19.2 Å². The minimum atomic E-state index is -3.47. The van der Waals surface area contributed by atoms with E-state index in [0.717, 1.165) is 12.8 Å². The average Bonchev–Trinajstić information content (AvgIpc) is 2.46. The minimum Gasteiger partial charge on any atom is -0.493 e. The first-order valence-electron chi connectivity index (χ1n) is 7.02. The fourth-order valence-corrected chi connectivity index (χ4v) is 3.92. The number of ether oxygens (including phenoxy) is 2. The molecule has 0 spiro atoms. The van der Waals surface area contributed by atoms with Gasteiger partial charge >= 0.3 is 0 Å². The van der Waals surface area contributed by atoms with Crippen LogP contribution in [-0.2, 0) is 10.0 Å². The zero-order chi connectivity index (χ0) is 15.7. The SMILES string of the molecule is COc1ccc(S(=O)(=O)N2CCC(C)(C)CC2)cc1OC. The summed E-state index contributed by atoms with van der Waals surface area (Å²) in [7, 11) is -0.448. The maximum absolute atomic E-state index is 12.7. The molecule has 1 fully saturated rings. The van der Waals surface area contributed by atoms with Crippen molar-refractivity contribution in [1.29, 1.82) is 0 Å². The van der Waals surface area contributed by atoms with Crippen LogP contribution >= 0.6 is 0 Å². The Hall–Kier alpha value is -1.27. The Bertz CT molecular complexity index is 600. The average molecular weight is 313 g/mol. The first-order chi connectivity index (χ1) is 9.80. The van der Waals surface area contributed by atoms with E-state index in [9.17, 15) is 8.42 Å². The van der Waals surface area contributed by atoms with E-state index in [1.165, 1.54) is 20.3 Å². The highest BCUT2D eigenvalue weighted by Gasteiger charge is 2.33. The molecule has 0 N–H and O–H groups in total. The molecule has 1 aliphatic rings. The third kappa shape index (κ3) is 3.32. The van der Waals surface area contributed by atoms with E-state index in [0.29, 0.717) is 24.6 Å². The summed E-state index contributed by atoms with van der Waals surface area (Å²) < 4.78 is 37.3. The molecule has 2 rings (SSSR count). The van der Waals surface area contributed by atoms with Crippen molar-refractivity contribution < 1.29 is 17.9 Å². The number of benzene rings is 1. The molecule has 118 valence electrons. The van der Waals surface area contributed by atoms with Gasteiger partial charge < -0.3 is 9.47 Å². The highest BCUT2D eigenvalue weighted by Crippen LogP contribution is 2.34. The van der Waals surface area contributed by atoms with Gasteiger partial charge in [-0.25, -0.2) is 8.42 Å². The Morgan fingerprint density at radius 1 is 1.05 bits per heavy atom. The van der Waals surface area contributed by atoms with Gasteiger partial charge in [-0.15, -0.1) is 0 Å². The van der Waals surface area contributed by atoms with Crippen molar-refractivity contribution in [1.82, 2.24) is 4.31 Å². The maximum Gasteiger partial charge on any atom is 0.243 e. The molecule has 1 aromatic carbocycles. The molecular formula is C15H23NO4S. The molecule has 0 aliphatic carbocycles. The summed E-state index contributed by atoms with van der Waals surface area (Å²) in [6, 6.07) is 4.71. The number of sulfonamides is 1. The van der Waals surface area contributed by atoms with Gasteiger partial charge in [0.2, 0.25) is 10.0 Å². The number of nitrogens with zero attached hydrogens (tertiary/aromatic N) is 1. The lowest BCUT2D eigenvalue weighted by Crippen LogP contribution is -2.41. The number of rotatable bonds is 4. The van der Waals surface area contributed by atoms with E-state index < -0.39 is 10.0 Å². The van der Waals surface area contributed by atoms with E-state index in [4.69, 9.17) is 9.47 Å². The maximum atomic E-state index is 12.7. The first kappa shape index (κ1) is 16.1. The van der Waals surface area contributed by atoms with E-state index in [1.807, 2.05) is 0 Å². The van der Waals surface area contributed by atoms with Crippen LogP contribution in [0.5, 0.6) is 11.5 Å². The van der Waals surface area contributed by atoms with Crippen molar-refractivity contribution in [3.05, 3.63) is 18.2 Å². The fourth-order valence-electron chi connectivity index (χ4n) is 2.46. The molecule has 1 aromatic rings. The van der Waals surface area contributed by atoms with E-state index in [1.54, 1.807) is 16.4 Å². The molecule has 0 bridgehead atoms. The molecule has 0 atom stereocenters. The van der Waals surface area contributed by atoms with Gasteiger partial charge in [-0.1, -0.05) is 13.8 Å². The largest absolute Gasteiger partial charge is 0.493 e. The molecule has 0 saturated carbocycles. The lowest BCUT2D eigenvalue weighted by molar-refractivity contribution is 0.196. The van der Waals surface area contributed by atoms with Crippen molar-refractivity contribution in [3.63, 3.8) is 0 Å². The van der Waals surface area contributed by atoms with Gasteiger partial charge in [-0.3, -0.25) is 0 Å². The van der Waals surface area contributed by atoms with Gasteiger partial charge in [-0.2, -0.15) is 4.31 Å². The highest BCUT2D eigenvalue weighted by molar-refractivity contribution is 7.89. The molecule has 1 saturated heterocycles. The molecule has 0 unspecified atom stereocenters. The summed E-state index contributed by atoms with van der Waals surface area (Å²) in [6.45, 7) is 5.47. The first-order valence-corrected chi connectivity index (χ1v) is 8.46. The van der Waals surface area contributed by atoms with Crippen molar-refractivity contribution in [2.75, 3.05) is 27.3 Å². The van der Waals surface area contributed by atoms with Gasteiger partial charge in [0.05, 0.1) is 19.1 Å². The summed E-state index contributed by atoms with van der Waals surface area (Å²) in [5, 5.41) is 0. The quantitative estimate of drug-likeness (QED) is 0.857. The predicted octanol–water partition coefficient (Wildman–Crippen LogP) is 2.51. The van der Waals surface area contributed by atoms with Crippen molar-refractivity contribution in [2.24, 2.45) is 5.41 Å². The number of methoxy groups -OCH3 is 2. The molecule has 21 heavy (non-hydrogen) atoms. The molecule has 0 amide bonds. The van der Waals surface area contributed by atoms with Crippen molar-refractivity contribution >= 4 is 10.0 Å². The van der Waals surface area contributed by atoms with Gasteiger partial charge in [0.15, 0.2) is 11.5 Å². The van der Waals surface area contributed by atoms with Gasteiger partial charge in [0.25, 0.3) is 0 Å². The zero-order valence-electron chi connectivity index (χ0n) is 13.0. The normalized spacial score (nSPS) is 19.2. The van der Waals surface area contributed by atoms with Crippen LogP contribution in [0.25, 0.3) is 0 Å². The third-order valence-corrected chi connectivity index (χ3v) is 5.96. The standard InChI is InChI=1S/C15H23NO4S/c1-15(2)7-9-16(10-8-15)21(17,18)12-5-6-13(19-3)14(11-12)20-4/h5-6,11H,7-10H2,1-4H3. The Morgan fingerprint density at radius 2 is 1.62 bits per heavy atom. The Morgan fingerprint density at radius 3 is 2.14 bits per heavy atom. The molecule has 0 radical (unpaired) electrons. The minimum absolute atomic E-state index is 0.212. The second kappa shape index (κ2) is 5.85. The Balaban J connectivity index is 2.28. The van der Waals surface area contributed by atoms with Crippen molar-refractivity contribution in [3.8, 4) is 11.5 Å². The Labute approximate surface area is 126 Å². The fraction of sp³-hybridized carbons (Fsp3) is 0.600. The van der Waals surface area contributed by atoms with Crippen LogP contribution in [0, 0.1) is 5.41 Å². The summed E-state index contributed by atoms with van der Waals surface area (Å²) >= 11 is 0. The Kier molecular flexibility index (Phi) is 4.49. The summed E-state index contributed by atoms with van der Waals surface area (Å²) in [5.74, 6) is 0.951. The lowest BCUT2D eigenvalue weighted by atomic mass is 9.83. The summed E-state index contributed by atoms with van der Waals surface area (Å²) in [5.41, 5.74) is 0.212. The van der Waals surface area contributed by atoms with Crippen molar-refractivity contribution in [2.45, 2.75) is 31.6 Å². The van der Waals surface area contributed by atoms with Gasteiger partial charge in [-0.05, 0) is 30.4 Å². The number of piperidine rings is 1. The third-order valence-electron chi connectivity index (χ3n) is 4.07. The van der Waals surface area contributed by atoms with E-state index >= 15 is 0 Å². The van der Waals surface area contributed by atoms with Gasteiger partial charge in [0.1, 0.15) is 0 Å². The molecule has 0 aromatic heterocycles. The molecular weight excluding hydrogens is 290 g/mol. The second-order valence-electron chi connectivity index (χ2n) is 6.09. The highest BCUT2D eigenvalue weighted by atomic mass is 32.2. The van der Waals surface area contributed by atoms with Crippen LogP contribution < -0.4 is 9.47 Å². The molecule has 6 heteroatoms. The lowest BCUT2D eigenvalue weighted by Gasteiger charge is -2.36. The summed E-state index contributed by atoms with van der Waals surface area (Å²) in [6.07, 6.45) is 1.75. The van der Waals surface area contributed by atoms with Crippen LogP contribution in [0.3, 0.4) is 0 Å². The monoisotopic (exact) mass is 313 g/mol. The van der Waals surface area contributed by atoms with E-state index in [2.05, 4.69) is 13.8 Å². The van der Waals surface area contributed by atoms with E-state index in [-0.39, 0.29) is 10.3 Å². The van der Waals surface area contributed by atoms with Crippen LogP contribution in [0.4, 0.5) is 0 Å². The predicted molar refractivity (Wildman–Crippen MR) is 81.3 cm³/mol. The summed E-state index contributed by atoms with van der Waals surface area (Å²) in [4.78, 5) is 0.250. The zero-order valence-corrected chi connectivity index (χ0v) is 13.9. The number of hydrogen-bond acceptors (Lipinski definition) is 4. The molecule has 5 nitrogen and oxygen atoms in total. The second-order valence-corrected chi connectivity index (χ2v) is 8.02. The van der Waals surface area contributed by atoms with Crippen LogP contribution in [-0.4, -0.2) is 40.0 Å². The van der Waals surface area contributed by atoms with Crippen LogP contribution in [0.1, 0.15) is 26.7 Å². The molecule has 1 heterocycles. The smallest absolute Gasteiger partial charge is 0.243 e. The van der Waals surface area contributed by atoms with Crippen LogP contribution in [0.15, 0.2) is 23.1 Å². The molecule has 1 aliphatic heterocycles.